The van der Waals surface area contributed by atoms with Crippen LogP contribution in [0.15, 0.2) is 30.3 Å². The Balaban J connectivity index is 2.63. The summed E-state index contributed by atoms with van der Waals surface area (Å²) in [5, 5.41) is 13.5. The number of carbonyl (C=O) groups excluding carboxylic acids is 3. The summed E-state index contributed by atoms with van der Waals surface area (Å²) < 4.78 is 5.09. The first kappa shape index (κ1) is 21.1. The minimum atomic E-state index is -1.21. The van der Waals surface area contributed by atoms with Crippen molar-refractivity contribution in [3.63, 3.8) is 0 Å². The third-order valence-electron chi connectivity index (χ3n) is 3.41. The summed E-state index contributed by atoms with van der Waals surface area (Å²) in [5.41, 5.74) is 0.801. The second-order valence-corrected chi connectivity index (χ2v) is 6.24. The summed E-state index contributed by atoms with van der Waals surface area (Å²) in [6, 6.07) is 6.97. The number of carbonyl (C=O) groups is 4. The molecule has 2 amide bonds. The summed E-state index contributed by atoms with van der Waals surface area (Å²) in [4.78, 5) is 45.9. The Labute approximate surface area is 151 Å². The molecular weight excluding hydrogens is 340 g/mol. The van der Waals surface area contributed by atoms with Gasteiger partial charge in [-0.1, -0.05) is 44.2 Å². The monoisotopic (exact) mass is 364 g/mol. The molecule has 2 atom stereocenters. The van der Waals surface area contributed by atoms with Gasteiger partial charge in [-0.05, 0) is 17.9 Å². The molecule has 0 fully saturated rings. The van der Waals surface area contributed by atoms with Crippen LogP contribution in [0.5, 0.6) is 0 Å². The number of nitrogens with one attached hydrogen (secondary N) is 2. The second-order valence-electron chi connectivity index (χ2n) is 6.24. The standard InChI is InChI=1S/C18H24N2O6/c1-12(2)8-15(17(24)19-14(10-21)9-16(22)23)20-18(25)26-11-13-6-4-3-5-7-13/h3-7,10,12,14-15H,8-9,11H2,1-2H3,(H,19,24)(H,20,25)(H,22,23)/t14-,15?/m0/s1. The molecule has 1 aromatic rings. The van der Waals surface area contributed by atoms with Crippen LogP contribution in [0, 0.1) is 5.92 Å². The van der Waals surface area contributed by atoms with Crippen molar-refractivity contribution in [2.45, 2.75) is 45.4 Å². The van der Waals surface area contributed by atoms with E-state index in [1.165, 1.54) is 0 Å². The second kappa shape index (κ2) is 10.9. The molecule has 1 aromatic carbocycles. The molecule has 0 aliphatic rings. The molecule has 0 heterocycles. The number of aldehydes is 1. The summed E-state index contributed by atoms with van der Waals surface area (Å²) in [5.74, 6) is -1.76. The van der Waals surface area contributed by atoms with Gasteiger partial charge in [-0.15, -0.1) is 0 Å². The van der Waals surface area contributed by atoms with E-state index in [0.717, 1.165) is 5.56 Å². The van der Waals surface area contributed by atoms with Gasteiger partial charge in [0.25, 0.3) is 0 Å². The third-order valence-corrected chi connectivity index (χ3v) is 3.41. The topological polar surface area (TPSA) is 122 Å². The van der Waals surface area contributed by atoms with Crippen LogP contribution >= 0.6 is 0 Å². The van der Waals surface area contributed by atoms with Crippen molar-refractivity contribution >= 4 is 24.3 Å². The summed E-state index contributed by atoms with van der Waals surface area (Å²) in [7, 11) is 0. The van der Waals surface area contributed by atoms with Gasteiger partial charge in [0.05, 0.1) is 12.5 Å². The van der Waals surface area contributed by atoms with Crippen LogP contribution < -0.4 is 10.6 Å². The van der Waals surface area contributed by atoms with E-state index in [1.807, 2.05) is 32.0 Å². The molecule has 0 radical (unpaired) electrons. The van der Waals surface area contributed by atoms with E-state index in [0.29, 0.717) is 12.7 Å². The van der Waals surface area contributed by atoms with E-state index in [2.05, 4.69) is 10.6 Å². The molecule has 0 aromatic heterocycles. The van der Waals surface area contributed by atoms with Crippen molar-refractivity contribution in [3.05, 3.63) is 35.9 Å². The fourth-order valence-corrected chi connectivity index (χ4v) is 2.21. The van der Waals surface area contributed by atoms with Crippen molar-refractivity contribution in [2.24, 2.45) is 5.92 Å². The lowest BCUT2D eigenvalue weighted by molar-refractivity contribution is -0.139. The number of ether oxygens (including phenoxy) is 1. The van der Waals surface area contributed by atoms with Crippen LogP contribution in [0.2, 0.25) is 0 Å². The minimum Gasteiger partial charge on any atom is -0.481 e. The number of hydrogen-bond donors (Lipinski definition) is 3. The normalized spacial score (nSPS) is 12.7. The first-order valence-corrected chi connectivity index (χ1v) is 8.26. The van der Waals surface area contributed by atoms with Crippen LogP contribution in [0.3, 0.4) is 0 Å². The minimum absolute atomic E-state index is 0.0542. The molecule has 0 saturated carbocycles. The maximum atomic E-state index is 12.3. The van der Waals surface area contributed by atoms with E-state index in [9.17, 15) is 19.2 Å². The van der Waals surface area contributed by atoms with Gasteiger partial charge in [0, 0.05) is 0 Å². The number of amides is 2. The highest BCUT2D eigenvalue weighted by atomic mass is 16.5. The third kappa shape index (κ3) is 8.27. The Morgan fingerprint density at radius 2 is 1.81 bits per heavy atom. The zero-order chi connectivity index (χ0) is 19.5. The van der Waals surface area contributed by atoms with Gasteiger partial charge < -0.3 is 25.3 Å². The van der Waals surface area contributed by atoms with Crippen molar-refractivity contribution in [1.29, 1.82) is 0 Å². The van der Waals surface area contributed by atoms with E-state index in [-0.39, 0.29) is 12.5 Å². The summed E-state index contributed by atoms with van der Waals surface area (Å²) in [6.07, 6.45) is -0.630. The predicted molar refractivity (Wildman–Crippen MR) is 93.3 cm³/mol. The highest BCUT2D eigenvalue weighted by molar-refractivity contribution is 5.88. The average Bonchev–Trinajstić information content (AvgIpc) is 2.58. The molecule has 0 spiro atoms. The van der Waals surface area contributed by atoms with Gasteiger partial charge in [-0.2, -0.15) is 0 Å². The van der Waals surface area contributed by atoms with E-state index in [1.54, 1.807) is 12.1 Å². The van der Waals surface area contributed by atoms with E-state index < -0.39 is 36.5 Å². The largest absolute Gasteiger partial charge is 0.481 e. The number of rotatable bonds is 10. The predicted octanol–water partition coefficient (Wildman–Crippen LogP) is 1.49. The maximum Gasteiger partial charge on any atom is 0.408 e. The van der Waals surface area contributed by atoms with Crippen molar-refractivity contribution < 1.29 is 29.0 Å². The van der Waals surface area contributed by atoms with Crippen molar-refractivity contribution in [1.82, 2.24) is 10.6 Å². The van der Waals surface area contributed by atoms with Crippen molar-refractivity contribution in [3.8, 4) is 0 Å². The zero-order valence-corrected chi connectivity index (χ0v) is 14.8. The lowest BCUT2D eigenvalue weighted by atomic mass is 10.0. The highest BCUT2D eigenvalue weighted by Crippen LogP contribution is 2.07. The Kier molecular flexibility index (Phi) is 8.83. The molecule has 0 saturated heterocycles. The van der Waals surface area contributed by atoms with Gasteiger partial charge in [-0.3, -0.25) is 9.59 Å². The molecule has 8 heteroatoms. The fourth-order valence-electron chi connectivity index (χ4n) is 2.21. The van der Waals surface area contributed by atoms with E-state index in [4.69, 9.17) is 9.84 Å². The van der Waals surface area contributed by atoms with Gasteiger partial charge in [-0.25, -0.2) is 4.79 Å². The number of carboxylic acids is 1. The Hall–Kier alpha value is -2.90. The number of hydrogen-bond acceptors (Lipinski definition) is 5. The molecule has 0 bridgehead atoms. The molecule has 142 valence electrons. The molecule has 1 rings (SSSR count). The lowest BCUT2D eigenvalue weighted by Gasteiger charge is -2.21. The van der Waals surface area contributed by atoms with Gasteiger partial charge in [0.1, 0.15) is 18.9 Å². The van der Waals surface area contributed by atoms with Crippen LogP contribution in [0.4, 0.5) is 4.79 Å². The first-order chi connectivity index (χ1) is 12.3. The first-order valence-electron chi connectivity index (χ1n) is 8.26. The molecule has 0 aliphatic heterocycles. The van der Waals surface area contributed by atoms with Gasteiger partial charge >= 0.3 is 12.1 Å². The number of carboxylic acid groups (broad SMARTS) is 1. The number of benzene rings is 1. The molecule has 1 unspecified atom stereocenters. The van der Waals surface area contributed by atoms with Gasteiger partial charge in [0.2, 0.25) is 5.91 Å². The fraction of sp³-hybridized carbons (Fsp3) is 0.444. The SMILES string of the molecule is CC(C)CC(NC(=O)OCc1ccccc1)C(=O)N[C@H](C=O)CC(=O)O. The summed E-state index contributed by atoms with van der Waals surface area (Å²) in [6.45, 7) is 3.79. The van der Waals surface area contributed by atoms with Crippen LogP contribution in [0.1, 0.15) is 32.3 Å². The Morgan fingerprint density at radius 1 is 1.15 bits per heavy atom. The average molecular weight is 364 g/mol. The maximum absolute atomic E-state index is 12.3. The van der Waals surface area contributed by atoms with Gasteiger partial charge in [0.15, 0.2) is 0 Å². The van der Waals surface area contributed by atoms with Crippen LogP contribution in [-0.4, -0.2) is 41.4 Å². The molecule has 3 N–H and O–H groups in total. The zero-order valence-electron chi connectivity index (χ0n) is 14.8. The summed E-state index contributed by atoms with van der Waals surface area (Å²) >= 11 is 0. The van der Waals surface area contributed by atoms with E-state index >= 15 is 0 Å². The van der Waals surface area contributed by atoms with Crippen molar-refractivity contribution in [2.75, 3.05) is 0 Å². The molecule has 26 heavy (non-hydrogen) atoms. The molecule has 0 aliphatic carbocycles. The Bertz CT molecular complexity index is 617. The number of alkyl carbamates (subject to hydrolysis) is 1. The molecular formula is C18H24N2O6. The number of aliphatic carboxylic acids is 1. The molecule has 8 nitrogen and oxygen atoms in total. The van der Waals surface area contributed by atoms with Crippen LogP contribution in [-0.2, 0) is 25.7 Å². The quantitative estimate of drug-likeness (QED) is 0.541. The lowest BCUT2D eigenvalue weighted by Crippen LogP contribution is -2.51. The highest BCUT2D eigenvalue weighted by Gasteiger charge is 2.25. The smallest absolute Gasteiger partial charge is 0.408 e. The van der Waals surface area contributed by atoms with Crippen LogP contribution in [0.25, 0.3) is 0 Å². The Morgan fingerprint density at radius 3 is 2.35 bits per heavy atom.